The quantitative estimate of drug-likeness (QED) is 0.303. The number of Topliss-reactive ketones (excluding diaryl/α,β-unsaturated/α-hetero) is 1. The zero-order chi connectivity index (χ0) is 23.2. The van der Waals surface area contributed by atoms with Crippen LogP contribution in [0, 0.1) is 0 Å². The van der Waals surface area contributed by atoms with Crippen LogP contribution in [0.2, 0.25) is 0 Å². The van der Waals surface area contributed by atoms with Crippen LogP contribution >= 0.6 is 0 Å². The highest BCUT2D eigenvalue weighted by molar-refractivity contribution is 6.04. The largest absolute Gasteiger partial charge is 0.508 e. The minimum absolute atomic E-state index is 0.0204. The van der Waals surface area contributed by atoms with Crippen LogP contribution in [0.4, 0.5) is 0 Å². The zero-order valence-electron chi connectivity index (χ0n) is 16.5. The SMILES string of the molecule is O=C1C[C@H](c2ccc(O)cc2)Oc2c(O)c(O)cc(O[C@@H]3O[C@H](CO)[C@@H](O)[C@H](O)[C@H]3O)c21. The van der Waals surface area contributed by atoms with E-state index in [0.29, 0.717) is 5.56 Å². The number of aromatic hydroxyl groups is 3. The molecule has 0 aliphatic carbocycles. The molecule has 1 fully saturated rings. The predicted octanol–water partition coefficient (Wildman–Crippen LogP) is -0.311. The molecule has 0 spiro atoms. The molecule has 2 aromatic carbocycles. The molecule has 0 radical (unpaired) electrons. The Morgan fingerprint density at radius 1 is 1.00 bits per heavy atom. The van der Waals surface area contributed by atoms with Gasteiger partial charge in [-0.05, 0) is 17.7 Å². The number of carbonyl (C=O) groups is 1. The van der Waals surface area contributed by atoms with Gasteiger partial charge in [0.2, 0.25) is 12.0 Å². The van der Waals surface area contributed by atoms with E-state index >= 15 is 0 Å². The first-order chi connectivity index (χ1) is 15.2. The highest BCUT2D eigenvalue weighted by Gasteiger charge is 2.45. The maximum atomic E-state index is 12.9. The van der Waals surface area contributed by atoms with Gasteiger partial charge in [0.1, 0.15) is 47.6 Å². The summed E-state index contributed by atoms with van der Waals surface area (Å²) in [6.07, 6.45) is -8.89. The Hall–Kier alpha value is -3.09. The summed E-state index contributed by atoms with van der Waals surface area (Å²) in [4.78, 5) is 12.9. The number of benzene rings is 2. The first-order valence-electron chi connectivity index (χ1n) is 9.76. The van der Waals surface area contributed by atoms with Crippen LogP contribution in [0.25, 0.3) is 0 Å². The average molecular weight is 450 g/mol. The molecule has 2 aromatic rings. The van der Waals surface area contributed by atoms with Gasteiger partial charge < -0.3 is 50.0 Å². The molecule has 11 heteroatoms. The third kappa shape index (κ3) is 3.80. The average Bonchev–Trinajstić information content (AvgIpc) is 2.77. The van der Waals surface area contributed by atoms with Gasteiger partial charge in [-0.3, -0.25) is 4.79 Å². The van der Waals surface area contributed by atoms with Gasteiger partial charge >= 0.3 is 0 Å². The maximum Gasteiger partial charge on any atom is 0.229 e. The van der Waals surface area contributed by atoms with Gasteiger partial charge in [0.05, 0.1) is 13.0 Å². The van der Waals surface area contributed by atoms with Gasteiger partial charge in [0.25, 0.3) is 0 Å². The summed E-state index contributed by atoms with van der Waals surface area (Å²) in [5, 5.41) is 69.3. The lowest BCUT2D eigenvalue weighted by atomic mass is 9.94. The Morgan fingerprint density at radius 2 is 1.69 bits per heavy atom. The number of ketones is 1. The molecule has 0 saturated carbocycles. The second-order valence-electron chi connectivity index (χ2n) is 7.59. The van der Waals surface area contributed by atoms with Crippen molar-refractivity contribution in [1.82, 2.24) is 0 Å². The molecule has 4 rings (SSSR count). The Bertz CT molecular complexity index is 1000. The summed E-state index contributed by atoms with van der Waals surface area (Å²) in [6, 6.07) is 6.84. The van der Waals surface area contributed by atoms with Gasteiger partial charge in [0, 0.05) is 6.07 Å². The molecule has 6 atom stereocenters. The topological polar surface area (TPSA) is 186 Å². The summed E-state index contributed by atoms with van der Waals surface area (Å²) in [7, 11) is 0. The van der Waals surface area contributed by atoms with Crippen LogP contribution in [0.1, 0.15) is 28.4 Å². The summed E-state index contributed by atoms with van der Waals surface area (Å²) in [5.74, 6) is -2.51. The molecule has 2 aliphatic heterocycles. The van der Waals surface area contributed by atoms with Gasteiger partial charge in [-0.1, -0.05) is 12.1 Å². The standard InChI is InChI=1S/C21H22O11/c22-7-14-17(27)18(28)19(29)21(32-14)31-13-6-11(25)16(26)20-15(13)10(24)5-12(30-20)8-1-3-9(23)4-2-8/h1-4,6,12,14,17-19,21-23,25-29H,5,7H2/t12-,14-,17-,18+,19-,21-/m1/s1. The molecule has 0 bridgehead atoms. The smallest absolute Gasteiger partial charge is 0.229 e. The minimum atomic E-state index is -1.75. The second-order valence-corrected chi connectivity index (χ2v) is 7.59. The van der Waals surface area contributed by atoms with Crippen LogP contribution in [0.5, 0.6) is 28.7 Å². The monoisotopic (exact) mass is 450 g/mol. The van der Waals surface area contributed by atoms with E-state index in [1.165, 1.54) is 12.1 Å². The van der Waals surface area contributed by atoms with Crippen molar-refractivity contribution in [3.8, 4) is 28.7 Å². The fourth-order valence-electron chi connectivity index (χ4n) is 3.70. The van der Waals surface area contributed by atoms with Crippen molar-refractivity contribution < 1.29 is 54.8 Å². The molecule has 7 N–H and O–H groups in total. The lowest BCUT2D eigenvalue weighted by Gasteiger charge is -2.40. The second kappa shape index (κ2) is 8.45. The predicted molar refractivity (Wildman–Crippen MR) is 105 cm³/mol. The summed E-state index contributed by atoms with van der Waals surface area (Å²) < 4.78 is 16.6. The van der Waals surface area contributed by atoms with E-state index in [1.54, 1.807) is 12.1 Å². The number of carbonyl (C=O) groups excluding carboxylic acids is 1. The van der Waals surface area contributed by atoms with Crippen LogP contribution in [0.3, 0.4) is 0 Å². The molecule has 0 aromatic heterocycles. The van der Waals surface area contributed by atoms with Crippen LogP contribution < -0.4 is 9.47 Å². The third-order valence-electron chi connectivity index (χ3n) is 5.47. The normalized spacial score (nSPS) is 29.8. The highest BCUT2D eigenvalue weighted by atomic mass is 16.7. The molecule has 32 heavy (non-hydrogen) atoms. The van der Waals surface area contributed by atoms with Crippen molar-refractivity contribution in [3.63, 3.8) is 0 Å². The molecule has 2 aliphatic rings. The van der Waals surface area contributed by atoms with Gasteiger partial charge in [-0.25, -0.2) is 0 Å². The molecule has 1 saturated heterocycles. The molecule has 0 unspecified atom stereocenters. The lowest BCUT2D eigenvalue weighted by Crippen LogP contribution is -2.60. The van der Waals surface area contributed by atoms with Crippen molar-refractivity contribution in [2.24, 2.45) is 0 Å². The summed E-state index contributed by atoms with van der Waals surface area (Å²) >= 11 is 0. The molecule has 0 amide bonds. The number of aliphatic hydroxyl groups is 4. The van der Waals surface area contributed by atoms with E-state index in [9.17, 15) is 40.5 Å². The summed E-state index contributed by atoms with van der Waals surface area (Å²) in [6.45, 7) is -0.680. The molecule has 11 nitrogen and oxygen atoms in total. The van der Waals surface area contributed by atoms with Gasteiger partial charge in [-0.2, -0.15) is 0 Å². The number of phenols is 3. The van der Waals surface area contributed by atoms with Crippen molar-refractivity contribution in [1.29, 1.82) is 0 Å². The van der Waals surface area contributed by atoms with Crippen molar-refractivity contribution >= 4 is 5.78 Å². The number of fused-ring (bicyclic) bond motifs is 1. The Labute approximate surface area is 181 Å². The van der Waals surface area contributed by atoms with E-state index < -0.39 is 60.7 Å². The van der Waals surface area contributed by atoms with E-state index in [0.717, 1.165) is 6.07 Å². The van der Waals surface area contributed by atoms with E-state index in [2.05, 4.69) is 0 Å². The van der Waals surface area contributed by atoms with Crippen LogP contribution in [-0.2, 0) is 4.74 Å². The first kappa shape index (κ1) is 22.1. The lowest BCUT2D eigenvalue weighted by molar-refractivity contribution is -0.277. The van der Waals surface area contributed by atoms with Crippen LogP contribution in [-0.4, -0.2) is 78.8 Å². The number of phenolic OH excluding ortho intramolecular Hbond substituents is 3. The van der Waals surface area contributed by atoms with E-state index in [-0.39, 0.29) is 29.2 Å². The molecule has 172 valence electrons. The third-order valence-corrected chi connectivity index (χ3v) is 5.47. The number of aliphatic hydroxyl groups excluding tert-OH is 4. The van der Waals surface area contributed by atoms with Crippen molar-refractivity contribution in [2.45, 2.75) is 43.2 Å². The Balaban J connectivity index is 1.67. The fourth-order valence-corrected chi connectivity index (χ4v) is 3.70. The summed E-state index contributed by atoms with van der Waals surface area (Å²) in [5.41, 5.74) is 0.327. The molecular weight excluding hydrogens is 428 g/mol. The van der Waals surface area contributed by atoms with Crippen LogP contribution in [0.15, 0.2) is 30.3 Å². The molecular formula is C21H22O11. The van der Waals surface area contributed by atoms with E-state index in [1.807, 2.05) is 0 Å². The number of hydrogen-bond acceptors (Lipinski definition) is 11. The van der Waals surface area contributed by atoms with Gasteiger partial charge in [-0.15, -0.1) is 0 Å². The first-order valence-corrected chi connectivity index (χ1v) is 9.76. The highest BCUT2D eigenvalue weighted by Crippen LogP contribution is 2.49. The van der Waals surface area contributed by atoms with Gasteiger partial charge in [0.15, 0.2) is 17.3 Å². The molecule has 2 heterocycles. The Kier molecular flexibility index (Phi) is 5.84. The van der Waals surface area contributed by atoms with Crippen molar-refractivity contribution in [2.75, 3.05) is 6.61 Å². The fraction of sp³-hybridized carbons (Fsp3) is 0.381. The zero-order valence-corrected chi connectivity index (χ0v) is 16.5. The van der Waals surface area contributed by atoms with E-state index in [4.69, 9.17) is 14.2 Å². The minimum Gasteiger partial charge on any atom is -0.508 e. The Morgan fingerprint density at radius 3 is 2.34 bits per heavy atom. The van der Waals surface area contributed by atoms with Crippen molar-refractivity contribution in [3.05, 3.63) is 41.5 Å². The number of rotatable bonds is 4. The maximum absolute atomic E-state index is 12.9. The number of ether oxygens (including phenoxy) is 3. The number of hydrogen-bond donors (Lipinski definition) is 7.